The fourth-order valence-electron chi connectivity index (χ4n) is 4.74. The average Bonchev–Trinajstić information content (AvgIpc) is 2.79. The minimum Gasteiger partial charge on any atom is -0.377 e. The molecule has 3 aromatic rings. The average molecular weight is 432 g/mol. The zero-order chi connectivity index (χ0) is 21.0. The fraction of sp³-hybridized carbons (Fsp3) is 0.286. The smallest absolute Gasteiger partial charge is 0.132 e. The van der Waals surface area contributed by atoms with Gasteiger partial charge in [0, 0.05) is 30.0 Å². The van der Waals surface area contributed by atoms with E-state index in [-0.39, 0.29) is 36.3 Å². The summed E-state index contributed by atoms with van der Waals surface area (Å²) >= 11 is 0. The van der Waals surface area contributed by atoms with Gasteiger partial charge in [0.2, 0.25) is 0 Å². The third-order valence-corrected chi connectivity index (χ3v) is 6.08. The van der Waals surface area contributed by atoms with Crippen molar-refractivity contribution in [3.8, 4) is 11.8 Å². The van der Waals surface area contributed by atoms with Gasteiger partial charge >= 0.3 is 0 Å². The van der Waals surface area contributed by atoms with Crippen LogP contribution in [0.25, 0.3) is 0 Å². The van der Waals surface area contributed by atoms with E-state index in [9.17, 15) is 5.11 Å². The molecule has 0 bridgehead atoms. The van der Waals surface area contributed by atoms with Crippen molar-refractivity contribution in [1.29, 1.82) is 0 Å². The third kappa shape index (κ3) is 5.20. The normalized spacial score (nSPS) is 25.2. The summed E-state index contributed by atoms with van der Waals surface area (Å²) in [7, 11) is 0. The van der Waals surface area contributed by atoms with E-state index in [1.807, 2.05) is 42.5 Å². The predicted octanol–water partition coefficient (Wildman–Crippen LogP) is 5.94. The maximum absolute atomic E-state index is 12.0. The second-order valence-corrected chi connectivity index (χ2v) is 8.53. The van der Waals surface area contributed by atoms with Gasteiger partial charge in [0.25, 0.3) is 0 Å². The molecule has 2 N–H and O–H groups in total. The van der Waals surface area contributed by atoms with Crippen LogP contribution in [0.1, 0.15) is 49.0 Å². The summed E-state index contributed by atoms with van der Waals surface area (Å²) in [5.41, 5.74) is 2.20. The van der Waals surface area contributed by atoms with Crippen molar-refractivity contribution in [2.45, 2.75) is 38.0 Å². The molecule has 1 heterocycles. The monoisotopic (exact) mass is 431 g/mol. The Morgan fingerprint density at radius 3 is 1.90 bits per heavy atom. The number of nitrogens with one attached hydrogen (secondary N) is 1. The quantitative estimate of drug-likeness (QED) is 0.503. The summed E-state index contributed by atoms with van der Waals surface area (Å²) in [5, 5.41) is 15.9. The van der Waals surface area contributed by atoms with Gasteiger partial charge in [0.05, 0.1) is 0 Å². The Labute approximate surface area is 192 Å². The number of hydrogen-bond donors (Lipinski definition) is 2. The van der Waals surface area contributed by atoms with Crippen LogP contribution in [0.3, 0.4) is 0 Å². The topological polar surface area (TPSA) is 32.3 Å². The van der Waals surface area contributed by atoms with Gasteiger partial charge in [-0.25, -0.2) is 0 Å². The Morgan fingerprint density at radius 1 is 0.839 bits per heavy atom. The predicted molar refractivity (Wildman–Crippen MR) is 130 cm³/mol. The molecular weight excluding hydrogens is 402 g/mol. The van der Waals surface area contributed by atoms with Crippen LogP contribution in [-0.4, -0.2) is 10.7 Å². The molecule has 0 radical (unpaired) electrons. The summed E-state index contributed by atoms with van der Waals surface area (Å²) in [4.78, 5) is 0. The van der Waals surface area contributed by atoms with E-state index >= 15 is 0 Å². The summed E-state index contributed by atoms with van der Waals surface area (Å²) in [6.45, 7) is 4.36. The van der Waals surface area contributed by atoms with Gasteiger partial charge in [-0.2, -0.15) is 0 Å². The van der Waals surface area contributed by atoms with Gasteiger partial charge in [-0.05, 0) is 29.2 Å². The first-order valence-corrected chi connectivity index (χ1v) is 10.7. The van der Waals surface area contributed by atoms with Crippen molar-refractivity contribution in [3.05, 3.63) is 108 Å². The largest absolute Gasteiger partial charge is 0.377 e. The zero-order valence-corrected chi connectivity index (χ0v) is 18.8. The summed E-state index contributed by atoms with van der Waals surface area (Å²) in [6.07, 6.45) is 0.559. The van der Waals surface area contributed by atoms with Crippen LogP contribution in [0, 0.1) is 23.7 Å². The SMILES string of the molecule is CC(C)C1C(c2ccccc2)NC(c2ccccc2)CC1(O)C#Cc1ccccc1.Cl. The molecule has 0 aliphatic carbocycles. The van der Waals surface area contributed by atoms with Crippen LogP contribution in [-0.2, 0) is 0 Å². The highest BCUT2D eigenvalue weighted by molar-refractivity contribution is 5.85. The molecule has 1 saturated heterocycles. The number of rotatable bonds is 3. The van der Waals surface area contributed by atoms with Crippen molar-refractivity contribution in [2.75, 3.05) is 0 Å². The van der Waals surface area contributed by atoms with Crippen LogP contribution < -0.4 is 5.32 Å². The molecule has 160 valence electrons. The zero-order valence-electron chi connectivity index (χ0n) is 18.0. The van der Waals surface area contributed by atoms with Crippen molar-refractivity contribution >= 4 is 12.4 Å². The summed E-state index contributed by atoms with van der Waals surface area (Å²) in [5.74, 6) is 6.79. The van der Waals surface area contributed by atoms with Crippen molar-refractivity contribution in [3.63, 3.8) is 0 Å². The second kappa shape index (κ2) is 10.2. The lowest BCUT2D eigenvalue weighted by molar-refractivity contribution is -0.0478. The number of aliphatic hydroxyl groups is 1. The Bertz CT molecular complexity index is 1010. The number of piperidine rings is 1. The summed E-state index contributed by atoms with van der Waals surface area (Å²) < 4.78 is 0. The van der Waals surface area contributed by atoms with E-state index in [0.717, 1.165) is 5.56 Å². The van der Waals surface area contributed by atoms with Crippen LogP contribution >= 0.6 is 12.4 Å². The molecule has 3 heteroatoms. The molecule has 0 spiro atoms. The molecule has 0 saturated carbocycles. The van der Waals surface area contributed by atoms with Gasteiger partial charge in [0.1, 0.15) is 5.60 Å². The minimum atomic E-state index is -1.10. The maximum Gasteiger partial charge on any atom is 0.132 e. The standard InChI is InChI=1S/C28H29NO.ClH/c1-21(2)26-27(24-16-10-5-11-17-24)29-25(23-14-8-4-9-15-23)20-28(26,30)19-18-22-12-6-3-7-13-22;/h3-17,21,25-27,29-30H,20H2,1-2H3;1H. The Kier molecular flexibility index (Phi) is 7.57. The van der Waals surface area contributed by atoms with Crippen LogP contribution in [0.2, 0.25) is 0 Å². The number of hydrogen-bond acceptors (Lipinski definition) is 2. The molecule has 4 rings (SSSR count). The lowest BCUT2D eigenvalue weighted by Crippen LogP contribution is -2.54. The minimum absolute atomic E-state index is 0. The van der Waals surface area contributed by atoms with Gasteiger partial charge in [-0.3, -0.25) is 0 Å². The van der Waals surface area contributed by atoms with Crippen molar-refractivity contribution in [2.24, 2.45) is 11.8 Å². The van der Waals surface area contributed by atoms with Crippen LogP contribution in [0.5, 0.6) is 0 Å². The summed E-state index contributed by atoms with van der Waals surface area (Å²) in [6, 6.07) is 30.8. The van der Waals surface area contributed by atoms with E-state index in [1.165, 1.54) is 11.1 Å². The van der Waals surface area contributed by atoms with E-state index < -0.39 is 5.60 Å². The molecule has 3 aromatic carbocycles. The first kappa shape index (κ1) is 23.1. The van der Waals surface area contributed by atoms with E-state index in [4.69, 9.17) is 0 Å². The third-order valence-electron chi connectivity index (χ3n) is 6.08. The fourth-order valence-corrected chi connectivity index (χ4v) is 4.74. The lowest BCUT2D eigenvalue weighted by Gasteiger charge is -2.48. The molecular formula is C28H30ClNO. The first-order valence-electron chi connectivity index (χ1n) is 10.7. The van der Waals surface area contributed by atoms with Crippen molar-refractivity contribution in [1.82, 2.24) is 5.32 Å². The van der Waals surface area contributed by atoms with Gasteiger partial charge in [-0.1, -0.05) is 105 Å². The highest BCUT2D eigenvalue weighted by atomic mass is 35.5. The Morgan fingerprint density at radius 2 is 1.35 bits per heavy atom. The molecule has 2 nitrogen and oxygen atoms in total. The van der Waals surface area contributed by atoms with Gasteiger partial charge in [-0.15, -0.1) is 12.4 Å². The Balaban J connectivity index is 0.00000272. The van der Waals surface area contributed by atoms with E-state index in [0.29, 0.717) is 6.42 Å². The molecule has 1 fully saturated rings. The molecule has 1 aliphatic heterocycles. The first-order chi connectivity index (χ1) is 14.6. The van der Waals surface area contributed by atoms with Gasteiger partial charge < -0.3 is 10.4 Å². The number of benzene rings is 3. The molecule has 31 heavy (non-hydrogen) atoms. The van der Waals surface area contributed by atoms with E-state index in [2.05, 4.69) is 79.5 Å². The van der Waals surface area contributed by atoms with Crippen molar-refractivity contribution < 1.29 is 5.11 Å². The number of halogens is 1. The maximum atomic E-state index is 12.0. The van der Waals surface area contributed by atoms with Crippen LogP contribution in [0.15, 0.2) is 91.0 Å². The molecule has 1 aliphatic rings. The molecule has 0 aromatic heterocycles. The Hall–Kier alpha value is -2.57. The highest BCUT2D eigenvalue weighted by Crippen LogP contribution is 2.46. The lowest BCUT2D eigenvalue weighted by atomic mass is 9.67. The molecule has 0 amide bonds. The highest BCUT2D eigenvalue weighted by Gasteiger charge is 2.48. The van der Waals surface area contributed by atoms with Gasteiger partial charge in [0.15, 0.2) is 0 Å². The molecule has 4 unspecified atom stereocenters. The van der Waals surface area contributed by atoms with Crippen LogP contribution in [0.4, 0.5) is 0 Å². The molecule has 4 atom stereocenters. The van der Waals surface area contributed by atoms with E-state index in [1.54, 1.807) is 0 Å². The second-order valence-electron chi connectivity index (χ2n) is 8.53.